The van der Waals surface area contributed by atoms with Crippen molar-refractivity contribution in [1.82, 2.24) is 9.80 Å². The summed E-state index contributed by atoms with van der Waals surface area (Å²) in [6, 6.07) is 4.82. The summed E-state index contributed by atoms with van der Waals surface area (Å²) in [5, 5.41) is 11.9. The zero-order valence-corrected chi connectivity index (χ0v) is 14.4. The molecule has 2 aliphatic rings. The van der Waals surface area contributed by atoms with Crippen molar-refractivity contribution in [2.75, 3.05) is 38.1 Å². The van der Waals surface area contributed by atoms with E-state index < -0.39 is 18.3 Å². The fourth-order valence-corrected chi connectivity index (χ4v) is 3.43. The minimum Gasteiger partial charge on any atom is -0.393 e. The number of amides is 3. The van der Waals surface area contributed by atoms with E-state index in [1.165, 1.54) is 4.90 Å². The number of carbonyl (C=O) groups excluding carboxylic acids is 2. The molecule has 0 radical (unpaired) electrons. The standard InChI is InChI=1S/C18H24FN3O3/c1-13-14(16(24)21-8-2-3-9-21)5-4-6-15(13)20-17(25)22-10-7-18(19,11-22)12-23/h4-6,23H,2-3,7-12H2,1H3,(H,20,25). The van der Waals surface area contributed by atoms with Crippen LogP contribution < -0.4 is 5.32 Å². The molecule has 2 N–H and O–H groups in total. The van der Waals surface area contributed by atoms with Gasteiger partial charge in [0.2, 0.25) is 0 Å². The largest absolute Gasteiger partial charge is 0.393 e. The first-order chi connectivity index (χ1) is 11.9. The van der Waals surface area contributed by atoms with Crippen molar-refractivity contribution in [3.8, 4) is 0 Å². The predicted molar refractivity (Wildman–Crippen MR) is 92.5 cm³/mol. The fraction of sp³-hybridized carbons (Fsp3) is 0.556. The van der Waals surface area contributed by atoms with Crippen LogP contribution in [0.3, 0.4) is 0 Å². The molecule has 3 amide bonds. The third-order valence-corrected chi connectivity index (χ3v) is 5.07. The Morgan fingerprint density at radius 1 is 1.24 bits per heavy atom. The fourth-order valence-electron chi connectivity index (χ4n) is 3.43. The minimum atomic E-state index is -1.72. The number of likely N-dealkylation sites (tertiary alicyclic amines) is 2. The number of nitrogens with zero attached hydrogens (tertiary/aromatic N) is 2. The van der Waals surface area contributed by atoms with Crippen LogP contribution in [-0.2, 0) is 0 Å². The van der Waals surface area contributed by atoms with Crippen LogP contribution in [0.2, 0.25) is 0 Å². The van der Waals surface area contributed by atoms with Crippen LogP contribution in [0.4, 0.5) is 14.9 Å². The molecule has 7 heteroatoms. The average molecular weight is 349 g/mol. The Kier molecular flexibility index (Phi) is 4.94. The third kappa shape index (κ3) is 3.61. The molecule has 2 heterocycles. The number of hydrogen-bond donors (Lipinski definition) is 2. The summed E-state index contributed by atoms with van der Waals surface area (Å²) in [4.78, 5) is 28.2. The van der Waals surface area contributed by atoms with E-state index in [9.17, 15) is 14.0 Å². The molecule has 0 aromatic heterocycles. The van der Waals surface area contributed by atoms with E-state index in [1.807, 2.05) is 4.90 Å². The average Bonchev–Trinajstić information content (AvgIpc) is 3.26. The molecule has 3 rings (SSSR count). The normalized spacial score (nSPS) is 23.2. The first-order valence-corrected chi connectivity index (χ1v) is 8.68. The van der Waals surface area contributed by atoms with Crippen molar-refractivity contribution in [2.45, 2.75) is 31.9 Å². The van der Waals surface area contributed by atoms with Crippen LogP contribution in [-0.4, -0.2) is 65.3 Å². The molecule has 0 bridgehead atoms. The van der Waals surface area contributed by atoms with Crippen LogP contribution in [0.1, 0.15) is 35.2 Å². The van der Waals surface area contributed by atoms with Gasteiger partial charge >= 0.3 is 6.03 Å². The molecule has 0 spiro atoms. The summed E-state index contributed by atoms with van der Waals surface area (Å²) in [5.41, 5.74) is 0.118. The van der Waals surface area contributed by atoms with E-state index in [0.717, 1.165) is 25.9 Å². The second kappa shape index (κ2) is 7.00. The van der Waals surface area contributed by atoms with Gasteiger partial charge in [0.25, 0.3) is 5.91 Å². The summed E-state index contributed by atoms with van der Waals surface area (Å²) in [6.45, 7) is 2.88. The van der Waals surface area contributed by atoms with Crippen molar-refractivity contribution < 1.29 is 19.1 Å². The molecule has 0 aliphatic carbocycles. The first kappa shape index (κ1) is 17.7. The van der Waals surface area contributed by atoms with Gasteiger partial charge in [0.15, 0.2) is 5.67 Å². The second-order valence-corrected chi connectivity index (χ2v) is 6.89. The van der Waals surface area contributed by atoms with Gasteiger partial charge in [-0.3, -0.25) is 4.79 Å². The Bertz CT molecular complexity index is 676. The van der Waals surface area contributed by atoms with Gasteiger partial charge in [-0.25, -0.2) is 9.18 Å². The molecule has 1 aromatic carbocycles. The van der Waals surface area contributed by atoms with E-state index in [4.69, 9.17) is 5.11 Å². The number of anilines is 1. The molecule has 1 unspecified atom stereocenters. The highest BCUT2D eigenvalue weighted by atomic mass is 19.1. The van der Waals surface area contributed by atoms with Crippen molar-refractivity contribution in [2.24, 2.45) is 0 Å². The lowest BCUT2D eigenvalue weighted by atomic mass is 10.1. The Morgan fingerprint density at radius 3 is 2.60 bits per heavy atom. The van der Waals surface area contributed by atoms with Crippen LogP contribution in [0.25, 0.3) is 0 Å². The number of aliphatic hydroxyl groups excluding tert-OH is 1. The number of rotatable bonds is 3. The van der Waals surface area contributed by atoms with Crippen molar-refractivity contribution in [1.29, 1.82) is 0 Å². The van der Waals surface area contributed by atoms with E-state index in [-0.39, 0.29) is 25.4 Å². The summed E-state index contributed by atoms with van der Waals surface area (Å²) in [7, 11) is 0. The third-order valence-electron chi connectivity index (χ3n) is 5.07. The number of nitrogens with one attached hydrogen (secondary N) is 1. The highest BCUT2D eigenvalue weighted by molar-refractivity contribution is 5.99. The van der Waals surface area contributed by atoms with E-state index in [1.54, 1.807) is 25.1 Å². The van der Waals surface area contributed by atoms with Gasteiger partial charge in [0.1, 0.15) is 0 Å². The molecule has 25 heavy (non-hydrogen) atoms. The predicted octanol–water partition coefficient (Wildman–Crippen LogP) is 2.17. The quantitative estimate of drug-likeness (QED) is 0.878. The molecule has 6 nitrogen and oxygen atoms in total. The van der Waals surface area contributed by atoms with Gasteiger partial charge in [-0.05, 0) is 37.5 Å². The van der Waals surface area contributed by atoms with E-state index in [0.29, 0.717) is 16.8 Å². The highest BCUT2D eigenvalue weighted by Gasteiger charge is 2.39. The first-order valence-electron chi connectivity index (χ1n) is 8.68. The molecule has 2 saturated heterocycles. The summed E-state index contributed by atoms with van der Waals surface area (Å²) in [6.07, 6.45) is 2.17. The number of alkyl halides is 1. The summed E-state index contributed by atoms with van der Waals surface area (Å²) < 4.78 is 14.1. The van der Waals surface area contributed by atoms with Gasteiger partial charge < -0.3 is 20.2 Å². The van der Waals surface area contributed by atoms with Crippen molar-refractivity contribution in [3.63, 3.8) is 0 Å². The summed E-state index contributed by atoms with van der Waals surface area (Å²) in [5.74, 6) is -0.0182. The van der Waals surface area contributed by atoms with Crippen molar-refractivity contribution in [3.05, 3.63) is 29.3 Å². The molecular formula is C18H24FN3O3. The molecule has 1 aromatic rings. The minimum absolute atomic E-state index is 0.0182. The number of urea groups is 1. The maximum atomic E-state index is 14.1. The molecule has 2 fully saturated rings. The topological polar surface area (TPSA) is 72.9 Å². The number of carbonyl (C=O) groups is 2. The maximum absolute atomic E-state index is 14.1. The molecule has 1 atom stereocenters. The lowest BCUT2D eigenvalue weighted by molar-refractivity contribution is 0.0792. The van der Waals surface area contributed by atoms with Crippen LogP contribution in [0.15, 0.2) is 18.2 Å². The highest BCUT2D eigenvalue weighted by Crippen LogP contribution is 2.27. The van der Waals surface area contributed by atoms with Crippen LogP contribution in [0.5, 0.6) is 0 Å². The lowest BCUT2D eigenvalue weighted by Gasteiger charge is -2.21. The van der Waals surface area contributed by atoms with Crippen LogP contribution in [0, 0.1) is 6.92 Å². The van der Waals surface area contributed by atoms with Gasteiger partial charge in [-0.15, -0.1) is 0 Å². The van der Waals surface area contributed by atoms with Crippen molar-refractivity contribution >= 4 is 17.6 Å². The second-order valence-electron chi connectivity index (χ2n) is 6.89. The number of hydrogen-bond acceptors (Lipinski definition) is 3. The maximum Gasteiger partial charge on any atom is 0.321 e. The monoisotopic (exact) mass is 349 g/mol. The Hall–Kier alpha value is -2.15. The van der Waals surface area contributed by atoms with Gasteiger partial charge in [-0.1, -0.05) is 6.07 Å². The molecule has 0 saturated carbocycles. The van der Waals surface area contributed by atoms with E-state index in [2.05, 4.69) is 5.32 Å². The Labute approximate surface area is 146 Å². The van der Waals surface area contributed by atoms with Crippen LogP contribution >= 0.6 is 0 Å². The van der Waals surface area contributed by atoms with Gasteiger partial charge in [0.05, 0.1) is 13.2 Å². The molecular weight excluding hydrogens is 325 g/mol. The zero-order valence-electron chi connectivity index (χ0n) is 14.4. The number of aliphatic hydroxyl groups is 1. The zero-order chi connectivity index (χ0) is 18.0. The molecule has 136 valence electrons. The van der Waals surface area contributed by atoms with E-state index >= 15 is 0 Å². The Balaban J connectivity index is 1.72. The Morgan fingerprint density at radius 2 is 1.96 bits per heavy atom. The van der Waals surface area contributed by atoms with Gasteiger partial charge in [0, 0.05) is 37.3 Å². The lowest BCUT2D eigenvalue weighted by Crippen LogP contribution is -2.38. The van der Waals surface area contributed by atoms with Gasteiger partial charge in [-0.2, -0.15) is 0 Å². The molecule has 2 aliphatic heterocycles. The smallest absolute Gasteiger partial charge is 0.321 e. The number of benzene rings is 1. The summed E-state index contributed by atoms with van der Waals surface area (Å²) >= 11 is 0. The number of halogens is 1. The SMILES string of the molecule is Cc1c(NC(=O)N2CCC(F)(CO)C2)cccc1C(=O)N1CCCC1.